The van der Waals surface area contributed by atoms with Crippen molar-refractivity contribution in [3.8, 4) is 11.1 Å². The third kappa shape index (κ3) is 3.28. The molecular formula is C17H17F2NO. The second kappa shape index (κ2) is 6.33. The molecule has 2 nitrogen and oxygen atoms in total. The second-order valence-corrected chi connectivity index (χ2v) is 5.21. The van der Waals surface area contributed by atoms with Gasteiger partial charge in [0.15, 0.2) is 11.6 Å². The molecular weight excluding hydrogens is 272 g/mol. The lowest BCUT2D eigenvalue weighted by molar-refractivity contribution is 0.0545. The van der Waals surface area contributed by atoms with E-state index in [0.29, 0.717) is 12.2 Å². The molecule has 3 rings (SSSR count). The van der Waals surface area contributed by atoms with Gasteiger partial charge in [0.25, 0.3) is 0 Å². The number of halogens is 2. The van der Waals surface area contributed by atoms with E-state index in [-0.39, 0.29) is 6.10 Å². The first kappa shape index (κ1) is 14.2. The van der Waals surface area contributed by atoms with Crippen LogP contribution in [0.2, 0.25) is 0 Å². The third-order valence-electron chi connectivity index (χ3n) is 3.74. The van der Waals surface area contributed by atoms with Crippen molar-refractivity contribution < 1.29 is 13.5 Å². The Morgan fingerprint density at radius 3 is 2.71 bits per heavy atom. The SMILES string of the molecule is Fc1ccc(-c2ccccc2CO[C@H]2CCNC2)cc1F. The van der Waals surface area contributed by atoms with Crippen molar-refractivity contribution in [2.75, 3.05) is 13.1 Å². The summed E-state index contributed by atoms with van der Waals surface area (Å²) in [5.41, 5.74) is 2.52. The monoisotopic (exact) mass is 289 g/mol. The summed E-state index contributed by atoms with van der Waals surface area (Å²) in [6, 6.07) is 11.6. The van der Waals surface area contributed by atoms with Gasteiger partial charge in [-0.2, -0.15) is 0 Å². The van der Waals surface area contributed by atoms with Gasteiger partial charge in [0.05, 0.1) is 12.7 Å². The lowest BCUT2D eigenvalue weighted by Crippen LogP contribution is -2.16. The van der Waals surface area contributed by atoms with Gasteiger partial charge in [0, 0.05) is 6.54 Å². The molecule has 1 saturated heterocycles. The van der Waals surface area contributed by atoms with Gasteiger partial charge in [-0.25, -0.2) is 8.78 Å². The van der Waals surface area contributed by atoms with Crippen LogP contribution in [-0.4, -0.2) is 19.2 Å². The molecule has 1 aliphatic heterocycles. The van der Waals surface area contributed by atoms with Gasteiger partial charge in [-0.05, 0) is 41.8 Å². The minimum absolute atomic E-state index is 0.225. The highest BCUT2D eigenvalue weighted by Crippen LogP contribution is 2.26. The van der Waals surface area contributed by atoms with Crippen molar-refractivity contribution in [2.45, 2.75) is 19.1 Å². The molecule has 4 heteroatoms. The smallest absolute Gasteiger partial charge is 0.159 e. The molecule has 0 saturated carbocycles. The zero-order valence-corrected chi connectivity index (χ0v) is 11.6. The van der Waals surface area contributed by atoms with Gasteiger partial charge in [-0.1, -0.05) is 30.3 Å². The first-order valence-corrected chi connectivity index (χ1v) is 7.09. The first-order chi connectivity index (χ1) is 10.2. The predicted molar refractivity (Wildman–Crippen MR) is 77.9 cm³/mol. The van der Waals surface area contributed by atoms with Crippen LogP contribution in [0.3, 0.4) is 0 Å². The minimum Gasteiger partial charge on any atom is -0.372 e. The highest BCUT2D eigenvalue weighted by molar-refractivity contribution is 5.67. The lowest BCUT2D eigenvalue weighted by Gasteiger charge is -2.14. The topological polar surface area (TPSA) is 21.3 Å². The van der Waals surface area contributed by atoms with Crippen LogP contribution >= 0.6 is 0 Å². The molecule has 2 aromatic carbocycles. The van der Waals surface area contributed by atoms with E-state index in [4.69, 9.17) is 4.74 Å². The number of ether oxygens (including phenoxy) is 1. The summed E-state index contributed by atoms with van der Waals surface area (Å²) in [4.78, 5) is 0. The Hall–Kier alpha value is -1.78. The Balaban J connectivity index is 1.82. The van der Waals surface area contributed by atoms with Crippen molar-refractivity contribution in [3.05, 3.63) is 59.7 Å². The Morgan fingerprint density at radius 1 is 1.10 bits per heavy atom. The van der Waals surface area contributed by atoms with E-state index in [1.165, 1.54) is 6.07 Å². The van der Waals surface area contributed by atoms with Gasteiger partial charge >= 0.3 is 0 Å². The van der Waals surface area contributed by atoms with E-state index in [1.807, 2.05) is 24.3 Å². The molecule has 110 valence electrons. The van der Waals surface area contributed by atoms with Crippen LogP contribution in [0, 0.1) is 11.6 Å². The largest absolute Gasteiger partial charge is 0.372 e. The molecule has 21 heavy (non-hydrogen) atoms. The Labute approximate surface area is 122 Å². The van der Waals surface area contributed by atoms with Crippen LogP contribution in [0.4, 0.5) is 8.78 Å². The summed E-state index contributed by atoms with van der Waals surface area (Å²) < 4.78 is 32.3. The standard InChI is InChI=1S/C17H17F2NO/c18-16-6-5-12(9-17(16)19)15-4-2-1-3-13(15)11-21-14-7-8-20-10-14/h1-6,9,14,20H,7-8,10-11H2/t14-/m0/s1. The highest BCUT2D eigenvalue weighted by atomic mass is 19.2. The zero-order chi connectivity index (χ0) is 14.7. The Kier molecular flexibility index (Phi) is 4.27. The summed E-state index contributed by atoms with van der Waals surface area (Å²) in [6.07, 6.45) is 1.23. The Morgan fingerprint density at radius 2 is 1.95 bits per heavy atom. The first-order valence-electron chi connectivity index (χ1n) is 7.09. The van der Waals surface area contributed by atoms with Gasteiger partial charge < -0.3 is 10.1 Å². The molecule has 0 aromatic heterocycles. The number of benzene rings is 2. The number of hydrogen-bond acceptors (Lipinski definition) is 2. The van der Waals surface area contributed by atoms with Crippen LogP contribution in [0.25, 0.3) is 11.1 Å². The quantitative estimate of drug-likeness (QED) is 0.930. The molecule has 1 atom stereocenters. The molecule has 0 aliphatic carbocycles. The fourth-order valence-corrected chi connectivity index (χ4v) is 2.57. The van der Waals surface area contributed by atoms with Crippen molar-refractivity contribution in [1.29, 1.82) is 0 Å². The molecule has 0 amide bonds. The van der Waals surface area contributed by atoms with Crippen LogP contribution < -0.4 is 5.32 Å². The molecule has 0 bridgehead atoms. The van der Waals surface area contributed by atoms with Crippen LogP contribution in [0.5, 0.6) is 0 Å². The molecule has 1 aliphatic rings. The maximum absolute atomic E-state index is 13.4. The summed E-state index contributed by atoms with van der Waals surface area (Å²) in [5, 5.41) is 3.25. The molecule has 1 heterocycles. The Bertz CT molecular complexity index is 624. The van der Waals surface area contributed by atoms with Crippen molar-refractivity contribution in [2.24, 2.45) is 0 Å². The van der Waals surface area contributed by atoms with Gasteiger partial charge in [-0.3, -0.25) is 0 Å². The number of rotatable bonds is 4. The molecule has 0 radical (unpaired) electrons. The normalized spacial score (nSPS) is 18.1. The molecule has 0 spiro atoms. The second-order valence-electron chi connectivity index (χ2n) is 5.21. The molecule has 2 aromatic rings. The van der Waals surface area contributed by atoms with Crippen LogP contribution in [0.1, 0.15) is 12.0 Å². The van der Waals surface area contributed by atoms with Crippen molar-refractivity contribution in [1.82, 2.24) is 5.32 Å². The van der Waals surface area contributed by atoms with Gasteiger partial charge in [0.2, 0.25) is 0 Å². The van der Waals surface area contributed by atoms with Crippen LogP contribution in [-0.2, 0) is 11.3 Å². The summed E-state index contributed by atoms with van der Waals surface area (Å²) in [6.45, 7) is 2.32. The lowest BCUT2D eigenvalue weighted by atomic mass is 10.00. The number of hydrogen-bond donors (Lipinski definition) is 1. The third-order valence-corrected chi connectivity index (χ3v) is 3.74. The summed E-state index contributed by atoms with van der Waals surface area (Å²) in [5.74, 6) is -1.66. The molecule has 1 fully saturated rings. The fourth-order valence-electron chi connectivity index (χ4n) is 2.57. The average molecular weight is 289 g/mol. The van der Waals surface area contributed by atoms with E-state index >= 15 is 0 Å². The fraction of sp³-hybridized carbons (Fsp3) is 0.294. The molecule has 0 unspecified atom stereocenters. The zero-order valence-electron chi connectivity index (χ0n) is 11.6. The van der Waals surface area contributed by atoms with Crippen LogP contribution in [0.15, 0.2) is 42.5 Å². The van der Waals surface area contributed by atoms with E-state index in [0.717, 1.165) is 36.7 Å². The van der Waals surface area contributed by atoms with E-state index in [9.17, 15) is 8.78 Å². The summed E-state index contributed by atoms with van der Waals surface area (Å²) >= 11 is 0. The van der Waals surface area contributed by atoms with Crippen molar-refractivity contribution in [3.63, 3.8) is 0 Å². The highest BCUT2D eigenvalue weighted by Gasteiger charge is 2.15. The van der Waals surface area contributed by atoms with E-state index in [1.54, 1.807) is 6.07 Å². The van der Waals surface area contributed by atoms with Gasteiger partial charge in [-0.15, -0.1) is 0 Å². The minimum atomic E-state index is -0.830. The average Bonchev–Trinajstić information content (AvgIpc) is 3.02. The predicted octanol–water partition coefficient (Wildman–Crippen LogP) is 3.51. The summed E-state index contributed by atoms with van der Waals surface area (Å²) in [7, 11) is 0. The maximum Gasteiger partial charge on any atom is 0.159 e. The molecule has 1 N–H and O–H groups in total. The van der Waals surface area contributed by atoms with E-state index < -0.39 is 11.6 Å². The number of nitrogens with one attached hydrogen (secondary N) is 1. The van der Waals surface area contributed by atoms with Gasteiger partial charge in [0.1, 0.15) is 0 Å². The van der Waals surface area contributed by atoms with E-state index in [2.05, 4.69) is 5.32 Å². The van der Waals surface area contributed by atoms with Crippen molar-refractivity contribution >= 4 is 0 Å². The maximum atomic E-state index is 13.4.